The number of thioether (sulfide) groups is 1. The predicted molar refractivity (Wildman–Crippen MR) is 133 cm³/mol. The number of piperidine rings is 1. The molecule has 1 aromatic heterocycles. The molecule has 2 aliphatic heterocycles. The number of carbonyl (C=O) groups excluding carboxylic acids is 2. The van der Waals surface area contributed by atoms with E-state index in [9.17, 15) is 20.1 Å². The number of rotatable bonds is 7. The monoisotopic (exact) mass is 489 g/mol. The van der Waals surface area contributed by atoms with E-state index < -0.39 is 11.2 Å². The zero-order valence-electron chi connectivity index (χ0n) is 19.5. The van der Waals surface area contributed by atoms with Gasteiger partial charge in [0.05, 0.1) is 11.1 Å². The van der Waals surface area contributed by atoms with Crippen molar-refractivity contribution >= 4 is 29.5 Å². The number of aromatic nitrogens is 1. The first-order valence-electron chi connectivity index (χ1n) is 11.7. The van der Waals surface area contributed by atoms with Crippen molar-refractivity contribution in [3.63, 3.8) is 0 Å². The highest BCUT2D eigenvalue weighted by Gasteiger charge is 2.33. The third-order valence-electron chi connectivity index (χ3n) is 6.51. The fraction of sp³-hybridized carbons (Fsp3) is 0.400. The van der Waals surface area contributed by atoms with Gasteiger partial charge in [-0.2, -0.15) is 10.5 Å². The van der Waals surface area contributed by atoms with Gasteiger partial charge in [0.1, 0.15) is 28.2 Å². The van der Waals surface area contributed by atoms with Gasteiger partial charge in [0.15, 0.2) is 0 Å². The number of primary amides is 1. The van der Waals surface area contributed by atoms with Gasteiger partial charge in [-0.3, -0.25) is 4.79 Å². The molecule has 2 aromatic rings. The third-order valence-corrected chi connectivity index (χ3v) is 7.77. The second-order valence-corrected chi connectivity index (χ2v) is 9.59. The molecule has 9 nitrogen and oxygen atoms in total. The van der Waals surface area contributed by atoms with Crippen LogP contribution in [0.15, 0.2) is 35.4 Å². The molecule has 1 atom stereocenters. The van der Waals surface area contributed by atoms with Crippen molar-refractivity contribution in [2.24, 2.45) is 5.73 Å². The highest BCUT2D eigenvalue weighted by Crippen LogP contribution is 2.40. The van der Waals surface area contributed by atoms with Crippen LogP contribution in [0.3, 0.4) is 0 Å². The Hall–Kier alpha value is -3.76. The number of hydrogen-bond acceptors (Lipinski definition) is 7. The van der Waals surface area contributed by atoms with E-state index in [4.69, 9.17) is 10.7 Å². The van der Waals surface area contributed by atoms with Crippen molar-refractivity contribution in [3.8, 4) is 12.1 Å². The summed E-state index contributed by atoms with van der Waals surface area (Å²) in [7, 11) is 0. The standard InChI is InChI=1S/C25H27N7O2S/c1-2-18-19(14-26)23(31-11-8-17(9-12-31)32-13-10-29-25(32)34)30-24(20(18)15-27)35-21(22(28)33)16-6-4-3-5-7-16/h3-7,17,21H,2,8-13H2,1H3,(H2,28,33)(H,29,34). The van der Waals surface area contributed by atoms with Crippen LogP contribution in [0.5, 0.6) is 0 Å². The van der Waals surface area contributed by atoms with Crippen molar-refractivity contribution < 1.29 is 9.59 Å². The highest BCUT2D eigenvalue weighted by atomic mass is 32.2. The normalized spacial score (nSPS) is 16.9. The number of amides is 3. The minimum atomic E-state index is -0.722. The summed E-state index contributed by atoms with van der Waals surface area (Å²) in [5.74, 6) is -0.00740. The molecule has 4 rings (SSSR count). The number of nitrogens with zero attached hydrogens (tertiary/aromatic N) is 5. The van der Waals surface area contributed by atoms with Crippen molar-refractivity contribution in [2.45, 2.75) is 42.5 Å². The molecule has 1 unspecified atom stereocenters. The van der Waals surface area contributed by atoms with Crippen LogP contribution in [-0.2, 0) is 11.2 Å². The van der Waals surface area contributed by atoms with Crippen LogP contribution in [0, 0.1) is 22.7 Å². The molecule has 0 bridgehead atoms. The SMILES string of the molecule is CCc1c(C#N)c(SC(C(N)=O)c2ccccc2)nc(N2CCC(N3CCNC3=O)CC2)c1C#N. The molecule has 0 spiro atoms. The van der Waals surface area contributed by atoms with Crippen LogP contribution >= 0.6 is 11.8 Å². The second kappa shape index (κ2) is 10.7. The molecule has 0 aliphatic carbocycles. The summed E-state index contributed by atoms with van der Waals surface area (Å²) in [6.07, 6.45) is 2.00. The van der Waals surface area contributed by atoms with Crippen LogP contribution < -0.4 is 16.0 Å². The molecule has 35 heavy (non-hydrogen) atoms. The Morgan fingerprint density at radius 2 is 1.89 bits per heavy atom. The largest absolute Gasteiger partial charge is 0.368 e. The van der Waals surface area contributed by atoms with E-state index in [1.54, 1.807) is 0 Å². The van der Waals surface area contributed by atoms with Gasteiger partial charge in [-0.1, -0.05) is 49.0 Å². The fourth-order valence-electron chi connectivity index (χ4n) is 4.75. The van der Waals surface area contributed by atoms with E-state index in [-0.39, 0.29) is 12.1 Å². The number of anilines is 1. The first-order chi connectivity index (χ1) is 17.0. The summed E-state index contributed by atoms with van der Waals surface area (Å²) in [6.45, 7) is 4.53. The van der Waals surface area contributed by atoms with Crippen LogP contribution in [0.1, 0.15) is 47.3 Å². The average Bonchev–Trinajstić information content (AvgIpc) is 3.32. The van der Waals surface area contributed by atoms with Crippen LogP contribution in [0.2, 0.25) is 0 Å². The summed E-state index contributed by atoms with van der Waals surface area (Å²) in [5, 5.41) is 22.5. The third kappa shape index (κ3) is 4.89. The fourth-order valence-corrected chi connectivity index (χ4v) is 5.81. The summed E-state index contributed by atoms with van der Waals surface area (Å²) in [6, 6.07) is 13.8. The number of nitrogens with two attached hydrogens (primary N) is 1. The maximum atomic E-state index is 12.3. The Kier molecular flexibility index (Phi) is 7.42. The number of nitriles is 2. The molecule has 3 heterocycles. The molecule has 3 N–H and O–H groups in total. The molecule has 2 saturated heterocycles. The predicted octanol–water partition coefficient (Wildman–Crippen LogP) is 2.70. The van der Waals surface area contributed by atoms with Crippen LogP contribution in [0.4, 0.5) is 10.6 Å². The number of nitrogens with one attached hydrogen (secondary N) is 1. The first kappa shape index (κ1) is 24.4. The molecule has 180 valence electrons. The molecule has 2 fully saturated rings. The van der Waals surface area contributed by atoms with Gasteiger partial charge in [-0.05, 0) is 30.4 Å². The van der Waals surface area contributed by atoms with Gasteiger partial charge < -0.3 is 20.9 Å². The minimum Gasteiger partial charge on any atom is -0.368 e. The number of carbonyl (C=O) groups is 2. The average molecular weight is 490 g/mol. The topological polar surface area (TPSA) is 139 Å². The summed E-state index contributed by atoms with van der Waals surface area (Å²) in [5.41, 5.74) is 7.78. The molecular weight excluding hydrogens is 462 g/mol. The summed E-state index contributed by atoms with van der Waals surface area (Å²) in [4.78, 5) is 33.1. The van der Waals surface area contributed by atoms with Crippen LogP contribution in [-0.4, -0.2) is 54.0 Å². The van der Waals surface area contributed by atoms with Gasteiger partial charge in [-0.15, -0.1) is 0 Å². The molecule has 0 radical (unpaired) electrons. The lowest BCUT2D eigenvalue weighted by atomic mass is 9.99. The van der Waals surface area contributed by atoms with E-state index in [2.05, 4.69) is 22.4 Å². The van der Waals surface area contributed by atoms with Crippen molar-refractivity contribution in [3.05, 3.63) is 52.6 Å². The van der Waals surface area contributed by atoms with Gasteiger partial charge in [0, 0.05) is 32.2 Å². The van der Waals surface area contributed by atoms with Crippen molar-refractivity contribution in [1.82, 2.24) is 15.2 Å². The van der Waals surface area contributed by atoms with Crippen LogP contribution in [0.25, 0.3) is 0 Å². The lowest BCUT2D eigenvalue weighted by Crippen LogP contribution is -2.46. The highest BCUT2D eigenvalue weighted by molar-refractivity contribution is 8.00. The Labute approximate surface area is 208 Å². The van der Waals surface area contributed by atoms with Crippen molar-refractivity contribution in [2.75, 3.05) is 31.1 Å². The number of urea groups is 1. The number of hydrogen-bond donors (Lipinski definition) is 2. The molecule has 3 amide bonds. The van der Waals surface area contributed by atoms with E-state index in [0.29, 0.717) is 60.1 Å². The second-order valence-electron chi connectivity index (χ2n) is 8.50. The maximum absolute atomic E-state index is 12.3. The van der Waals surface area contributed by atoms with E-state index in [1.807, 2.05) is 42.2 Å². The van der Waals surface area contributed by atoms with Gasteiger partial charge in [0.2, 0.25) is 5.91 Å². The van der Waals surface area contributed by atoms with E-state index in [0.717, 1.165) is 30.2 Å². The van der Waals surface area contributed by atoms with E-state index in [1.165, 1.54) is 0 Å². The number of benzene rings is 1. The molecule has 10 heteroatoms. The smallest absolute Gasteiger partial charge is 0.317 e. The quantitative estimate of drug-likeness (QED) is 0.570. The van der Waals surface area contributed by atoms with Gasteiger partial charge in [-0.25, -0.2) is 9.78 Å². The Morgan fingerprint density at radius 3 is 2.43 bits per heavy atom. The molecule has 1 aromatic carbocycles. The van der Waals surface area contributed by atoms with Gasteiger partial charge >= 0.3 is 6.03 Å². The maximum Gasteiger partial charge on any atom is 0.317 e. The summed E-state index contributed by atoms with van der Waals surface area (Å²) >= 11 is 1.14. The minimum absolute atomic E-state index is 0.0250. The molecule has 2 aliphatic rings. The lowest BCUT2D eigenvalue weighted by molar-refractivity contribution is -0.117. The molecular formula is C25H27N7O2S. The Morgan fingerprint density at radius 1 is 1.20 bits per heavy atom. The lowest BCUT2D eigenvalue weighted by Gasteiger charge is -2.37. The van der Waals surface area contributed by atoms with E-state index >= 15 is 0 Å². The van der Waals surface area contributed by atoms with Gasteiger partial charge in [0.25, 0.3) is 0 Å². The Balaban J connectivity index is 1.68. The zero-order chi connectivity index (χ0) is 24.9. The Bertz CT molecular complexity index is 1200. The number of pyridine rings is 1. The molecule has 0 saturated carbocycles. The first-order valence-corrected chi connectivity index (χ1v) is 12.5. The van der Waals surface area contributed by atoms with Crippen molar-refractivity contribution in [1.29, 1.82) is 10.5 Å². The zero-order valence-corrected chi connectivity index (χ0v) is 20.3. The summed E-state index contributed by atoms with van der Waals surface area (Å²) < 4.78 is 0.